The van der Waals surface area contributed by atoms with Gasteiger partial charge in [-0.05, 0) is 12.1 Å². The Morgan fingerprint density at radius 1 is 1.14 bits per heavy atom. The van der Waals surface area contributed by atoms with Crippen LogP contribution in [0.25, 0.3) is 11.1 Å². The molecule has 0 saturated carbocycles. The van der Waals surface area contributed by atoms with Crippen LogP contribution in [0.4, 0.5) is 4.39 Å². The van der Waals surface area contributed by atoms with Crippen molar-refractivity contribution in [2.75, 3.05) is 0 Å². The monoisotopic (exact) mass is 207 g/mol. The predicted molar refractivity (Wildman–Crippen MR) is 54.6 cm³/mol. The summed E-state index contributed by atoms with van der Waals surface area (Å²) < 4.78 is 13.5. The van der Waals surface area contributed by atoms with Crippen molar-refractivity contribution in [3.05, 3.63) is 53.6 Å². The van der Waals surface area contributed by atoms with Crippen LogP contribution in [-0.2, 0) is 0 Å². The molecule has 0 unspecified atom stereocenters. The van der Waals surface area contributed by atoms with Crippen molar-refractivity contribution in [1.29, 1.82) is 0 Å². The molecule has 0 amide bonds. The Kier molecular flexibility index (Phi) is 2.46. The summed E-state index contributed by atoms with van der Waals surface area (Å²) in [6.07, 6.45) is 3.25. The maximum Gasteiger partial charge on any atom is 0.149 e. The molecule has 0 aliphatic heterocycles. The lowest BCUT2D eigenvalue weighted by Gasteiger charge is -2.03. The van der Waals surface area contributed by atoms with E-state index in [1.165, 1.54) is 6.07 Å². The first-order valence-corrected chi connectivity index (χ1v) is 4.51. The van der Waals surface area contributed by atoms with Crippen LogP contribution in [0.1, 0.15) is 0 Å². The van der Waals surface area contributed by atoms with Gasteiger partial charge in [0.2, 0.25) is 0 Å². The lowest BCUT2D eigenvalue weighted by Crippen LogP contribution is -1.85. The van der Waals surface area contributed by atoms with Crippen molar-refractivity contribution in [2.24, 2.45) is 0 Å². The molecule has 1 aromatic heterocycles. The van der Waals surface area contributed by atoms with Crippen molar-refractivity contribution >= 4 is 11.6 Å². The second-order valence-electron chi connectivity index (χ2n) is 2.84. The average molecular weight is 208 g/mol. The van der Waals surface area contributed by atoms with E-state index in [1.54, 1.807) is 36.7 Å². The quantitative estimate of drug-likeness (QED) is 0.697. The van der Waals surface area contributed by atoms with Crippen molar-refractivity contribution in [3.63, 3.8) is 0 Å². The highest BCUT2D eigenvalue weighted by atomic mass is 35.5. The number of hydrogen-bond donors (Lipinski definition) is 0. The summed E-state index contributed by atoms with van der Waals surface area (Å²) in [7, 11) is 0. The van der Waals surface area contributed by atoms with E-state index in [0.29, 0.717) is 5.56 Å². The van der Waals surface area contributed by atoms with Crippen LogP contribution in [0.3, 0.4) is 0 Å². The van der Waals surface area contributed by atoms with Crippen molar-refractivity contribution < 1.29 is 4.39 Å². The number of nitrogens with zero attached hydrogens (tertiary/aromatic N) is 1. The molecule has 2 aromatic rings. The van der Waals surface area contributed by atoms with Gasteiger partial charge in [0, 0.05) is 23.5 Å². The molecule has 1 nitrogen and oxygen atoms in total. The van der Waals surface area contributed by atoms with Crippen molar-refractivity contribution in [2.45, 2.75) is 0 Å². The van der Waals surface area contributed by atoms with E-state index in [1.807, 2.05) is 0 Å². The van der Waals surface area contributed by atoms with Gasteiger partial charge in [0.1, 0.15) is 5.82 Å². The van der Waals surface area contributed by atoms with Gasteiger partial charge in [-0.1, -0.05) is 29.8 Å². The van der Waals surface area contributed by atoms with Crippen LogP contribution in [0.15, 0.2) is 42.7 Å². The molecule has 2 rings (SSSR count). The van der Waals surface area contributed by atoms with Gasteiger partial charge in [-0.15, -0.1) is 0 Å². The smallest absolute Gasteiger partial charge is 0.149 e. The molecule has 0 radical (unpaired) electrons. The Bertz CT molecular complexity index is 442. The van der Waals surface area contributed by atoms with E-state index in [4.69, 9.17) is 11.6 Å². The Balaban J connectivity index is 2.58. The molecule has 0 N–H and O–H groups in total. The van der Waals surface area contributed by atoms with Crippen molar-refractivity contribution in [3.8, 4) is 11.1 Å². The van der Waals surface area contributed by atoms with Crippen LogP contribution in [0.5, 0.6) is 0 Å². The lowest BCUT2D eigenvalue weighted by atomic mass is 10.1. The SMILES string of the molecule is Fc1c(Cl)cccc1-c1cccnc1. The van der Waals surface area contributed by atoms with E-state index in [2.05, 4.69) is 4.98 Å². The molecule has 0 aliphatic rings. The maximum absolute atomic E-state index is 13.5. The summed E-state index contributed by atoms with van der Waals surface area (Å²) in [5.74, 6) is -0.401. The van der Waals surface area contributed by atoms with E-state index in [-0.39, 0.29) is 5.02 Å². The number of rotatable bonds is 1. The zero-order valence-electron chi connectivity index (χ0n) is 7.24. The second-order valence-corrected chi connectivity index (χ2v) is 3.25. The van der Waals surface area contributed by atoms with Gasteiger partial charge in [0.15, 0.2) is 0 Å². The normalized spacial score (nSPS) is 10.1. The van der Waals surface area contributed by atoms with Gasteiger partial charge < -0.3 is 0 Å². The van der Waals surface area contributed by atoms with Gasteiger partial charge in [0.25, 0.3) is 0 Å². The molecule has 70 valence electrons. The fraction of sp³-hybridized carbons (Fsp3) is 0. The standard InChI is InChI=1S/C11H7ClFN/c12-10-5-1-4-9(11(10)13)8-3-2-6-14-7-8/h1-7H. The van der Waals surface area contributed by atoms with E-state index in [9.17, 15) is 4.39 Å². The molecular weight excluding hydrogens is 201 g/mol. The van der Waals surface area contributed by atoms with Gasteiger partial charge in [-0.3, -0.25) is 4.98 Å². The molecule has 0 saturated heterocycles. The van der Waals surface area contributed by atoms with Crippen LogP contribution < -0.4 is 0 Å². The molecule has 0 bridgehead atoms. The third kappa shape index (κ3) is 1.61. The summed E-state index contributed by atoms with van der Waals surface area (Å²) in [5.41, 5.74) is 1.21. The first-order valence-electron chi connectivity index (χ1n) is 4.13. The third-order valence-electron chi connectivity index (χ3n) is 1.92. The molecule has 0 aliphatic carbocycles. The van der Waals surface area contributed by atoms with Gasteiger partial charge in [-0.25, -0.2) is 4.39 Å². The molecule has 1 aromatic carbocycles. The van der Waals surface area contributed by atoms with Crippen LogP contribution >= 0.6 is 11.6 Å². The highest BCUT2D eigenvalue weighted by molar-refractivity contribution is 6.31. The molecule has 1 heterocycles. The minimum absolute atomic E-state index is 0.131. The number of halogens is 2. The maximum atomic E-state index is 13.5. The Labute approximate surface area is 86.2 Å². The Morgan fingerprint density at radius 2 is 2.00 bits per heavy atom. The van der Waals surface area contributed by atoms with Gasteiger partial charge in [0.05, 0.1) is 5.02 Å². The van der Waals surface area contributed by atoms with E-state index in [0.717, 1.165) is 5.56 Å². The molecular formula is C11H7ClFN. The zero-order chi connectivity index (χ0) is 9.97. The number of pyridine rings is 1. The minimum Gasteiger partial charge on any atom is -0.264 e. The zero-order valence-corrected chi connectivity index (χ0v) is 8.00. The lowest BCUT2D eigenvalue weighted by molar-refractivity contribution is 0.631. The molecule has 0 spiro atoms. The highest BCUT2D eigenvalue weighted by Crippen LogP contribution is 2.26. The van der Waals surface area contributed by atoms with Crippen molar-refractivity contribution in [1.82, 2.24) is 4.98 Å². The van der Waals surface area contributed by atoms with Crippen LogP contribution in [-0.4, -0.2) is 4.98 Å². The first kappa shape index (κ1) is 9.16. The Morgan fingerprint density at radius 3 is 2.71 bits per heavy atom. The number of aromatic nitrogens is 1. The van der Waals surface area contributed by atoms with Crippen LogP contribution in [0.2, 0.25) is 5.02 Å². The van der Waals surface area contributed by atoms with Gasteiger partial charge >= 0.3 is 0 Å². The third-order valence-corrected chi connectivity index (χ3v) is 2.22. The fourth-order valence-corrected chi connectivity index (χ4v) is 1.42. The summed E-state index contributed by atoms with van der Waals surface area (Å²) >= 11 is 5.67. The topological polar surface area (TPSA) is 12.9 Å². The van der Waals surface area contributed by atoms with Crippen LogP contribution in [0, 0.1) is 5.82 Å². The Hall–Kier alpha value is -1.41. The van der Waals surface area contributed by atoms with E-state index >= 15 is 0 Å². The van der Waals surface area contributed by atoms with Gasteiger partial charge in [-0.2, -0.15) is 0 Å². The molecule has 0 fully saturated rings. The fourth-order valence-electron chi connectivity index (χ4n) is 1.25. The molecule has 14 heavy (non-hydrogen) atoms. The molecule has 0 atom stereocenters. The number of benzene rings is 1. The molecule has 3 heteroatoms. The minimum atomic E-state index is -0.401. The average Bonchev–Trinajstić information content (AvgIpc) is 2.23. The summed E-state index contributed by atoms with van der Waals surface area (Å²) in [6, 6.07) is 8.47. The van der Waals surface area contributed by atoms with E-state index < -0.39 is 5.82 Å². The highest BCUT2D eigenvalue weighted by Gasteiger charge is 2.07. The first-order chi connectivity index (χ1) is 6.79. The predicted octanol–water partition coefficient (Wildman–Crippen LogP) is 3.54. The number of hydrogen-bond acceptors (Lipinski definition) is 1. The largest absolute Gasteiger partial charge is 0.264 e. The summed E-state index contributed by atoms with van der Waals surface area (Å²) in [6.45, 7) is 0. The summed E-state index contributed by atoms with van der Waals surface area (Å²) in [4.78, 5) is 3.92. The summed E-state index contributed by atoms with van der Waals surface area (Å²) in [5, 5.41) is 0.131. The second kappa shape index (κ2) is 3.76.